The van der Waals surface area contributed by atoms with Crippen molar-refractivity contribution in [2.45, 2.75) is 65.5 Å². The standard InChI is InChI=1S/C14H30N2/c1-12(2)7-9-15-11-13(3)16-10-6-8-14(16,4)5/h12-13,15H,6-11H2,1-5H3. The predicted octanol–water partition coefficient (Wildman–Crippen LogP) is 2.89. The van der Waals surface area contributed by atoms with E-state index in [9.17, 15) is 0 Å². The molecule has 1 aliphatic rings. The summed E-state index contributed by atoms with van der Waals surface area (Å²) in [5, 5.41) is 3.59. The van der Waals surface area contributed by atoms with Gasteiger partial charge in [0, 0.05) is 18.1 Å². The fraction of sp³-hybridized carbons (Fsp3) is 1.00. The third-order valence-electron chi connectivity index (χ3n) is 3.84. The molecule has 1 atom stereocenters. The summed E-state index contributed by atoms with van der Waals surface area (Å²) in [7, 11) is 0. The van der Waals surface area contributed by atoms with E-state index in [-0.39, 0.29) is 0 Å². The summed E-state index contributed by atoms with van der Waals surface area (Å²) >= 11 is 0. The highest BCUT2D eigenvalue weighted by Crippen LogP contribution is 2.29. The minimum absolute atomic E-state index is 0.416. The average molecular weight is 226 g/mol. The molecule has 0 bridgehead atoms. The molecule has 0 spiro atoms. The van der Waals surface area contributed by atoms with Crippen molar-refractivity contribution in [1.29, 1.82) is 0 Å². The van der Waals surface area contributed by atoms with Crippen LogP contribution in [0, 0.1) is 5.92 Å². The maximum absolute atomic E-state index is 3.59. The van der Waals surface area contributed by atoms with Crippen LogP contribution in [0.2, 0.25) is 0 Å². The SMILES string of the molecule is CC(C)CCNCC(C)N1CCCC1(C)C. The lowest BCUT2D eigenvalue weighted by Gasteiger charge is -2.36. The average Bonchev–Trinajstić information content (AvgIpc) is 2.52. The van der Waals surface area contributed by atoms with Crippen LogP contribution < -0.4 is 5.32 Å². The second-order valence-corrected chi connectivity index (χ2v) is 6.35. The van der Waals surface area contributed by atoms with Gasteiger partial charge in [0.25, 0.3) is 0 Å². The summed E-state index contributed by atoms with van der Waals surface area (Å²) in [5.41, 5.74) is 0.416. The van der Waals surface area contributed by atoms with Crippen LogP contribution in [0.3, 0.4) is 0 Å². The van der Waals surface area contributed by atoms with Crippen LogP contribution in [-0.2, 0) is 0 Å². The summed E-state index contributed by atoms with van der Waals surface area (Å²) in [4.78, 5) is 2.66. The molecule has 16 heavy (non-hydrogen) atoms. The van der Waals surface area contributed by atoms with Crippen molar-refractivity contribution < 1.29 is 0 Å². The van der Waals surface area contributed by atoms with E-state index in [0.717, 1.165) is 19.0 Å². The van der Waals surface area contributed by atoms with Gasteiger partial charge in [-0.15, -0.1) is 0 Å². The van der Waals surface area contributed by atoms with E-state index in [1.54, 1.807) is 0 Å². The van der Waals surface area contributed by atoms with Crippen LogP contribution >= 0.6 is 0 Å². The van der Waals surface area contributed by atoms with E-state index in [2.05, 4.69) is 44.8 Å². The van der Waals surface area contributed by atoms with Crippen molar-refractivity contribution in [2.75, 3.05) is 19.6 Å². The molecular formula is C14H30N2. The van der Waals surface area contributed by atoms with Crippen LogP contribution in [0.5, 0.6) is 0 Å². The molecule has 2 heteroatoms. The molecule has 96 valence electrons. The molecule has 1 saturated heterocycles. The zero-order valence-electron chi connectivity index (χ0n) is 11.8. The molecule has 0 aromatic rings. The number of likely N-dealkylation sites (tertiary alicyclic amines) is 1. The largest absolute Gasteiger partial charge is 0.315 e. The summed E-state index contributed by atoms with van der Waals surface area (Å²) in [6, 6.07) is 0.671. The Morgan fingerprint density at radius 1 is 1.25 bits per heavy atom. The molecule has 1 N–H and O–H groups in total. The smallest absolute Gasteiger partial charge is 0.0197 e. The van der Waals surface area contributed by atoms with E-state index in [0.29, 0.717) is 11.6 Å². The van der Waals surface area contributed by atoms with Gasteiger partial charge in [-0.3, -0.25) is 4.90 Å². The van der Waals surface area contributed by atoms with Gasteiger partial charge in [0.05, 0.1) is 0 Å². The van der Waals surface area contributed by atoms with Gasteiger partial charge in [-0.05, 0) is 59.0 Å². The third-order valence-corrected chi connectivity index (χ3v) is 3.84. The van der Waals surface area contributed by atoms with Crippen molar-refractivity contribution >= 4 is 0 Å². The van der Waals surface area contributed by atoms with Crippen molar-refractivity contribution in [1.82, 2.24) is 10.2 Å². The molecule has 1 heterocycles. The Balaban J connectivity index is 2.22. The Bertz CT molecular complexity index is 199. The summed E-state index contributed by atoms with van der Waals surface area (Å²) in [6.45, 7) is 15.3. The van der Waals surface area contributed by atoms with E-state index in [1.165, 1.54) is 25.8 Å². The van der Waals surface area contributed by atoms with Gasteiger partial charge < -0.3 is 5.32 Å². The Labute approximate surface area is 102 Å². The van der Waals surface area contributed by atoms with E-state index in [1.807, 2.05) is 0 Å². The first-order valence-corrected chi connectivity index (χ1v) is 6.91. The zero-order valence-corrected chi connectivity index (χ0v) is 11.8. The number of rotatable bonds is 6. The highest BCUT2D eigenvalue weighted by atomic mass is 15.2. The molecule has 1 rings (SSSR count). The van der Waals surface area contributed by atoms with Gasteiger partial charge in [0.1, 0.15) is 0 Å². The number of nitrogens with zero attached hydrogens (tertiary/aromatic N) is 1. The van der Waals surface area contributed by atoms with Gasteiger partial charge >= 0.3 is 0 Å². The van der Waals surface area contributed by atoms with E-state index in [4.69, 9.17) is 0 Å². The minimum Gasteiger partial charge on any atom is -0.315 e. The second-order valence-electron chi connectivity index (χ2n) is 6.35. The molecule has 0 aromatic heterocycles. The van der Waals surface area contributed by atoms with Gasteiger partial charge in [0.15, 0.2) is 0 Å². The quantitative estimate of drug-likeness (QED) is 0.701. The Hall–Kier alpha value is -0.0800. The lowest BCUT2D eigenvalue weighted by atomic mass is 10.0. The molecular weight excluding hydrogens is 196 g/mol. The fourth-order valence-corrected chi connectivity index (χ4v) is 2.76. The first kappa shape index (κ1) is 14.0. The normalized spacial score (nSPS) is 22.9. The summed E-state index contributed by atoms with van der Waals surface area (Å²) < 4.78 is 0. The van der Waals surface area contributed by atoms with Crippen LogP contribution in [0.1, 0.15) is 53.9 Å². The van der Waals surface area contributed by atoms with Crippen molar-refractivity contribution in [2.24, 2.45) is 5.92 Å². The number of hydrogen-bond acceptors (Lipinski definition) is 2. The fourth-order valence-electron chi connectivity index (χ4n) is 2.76. The Morgan fingerprint density at radius 2 is 1.94 bits per heavy atom. The molecule has 0 amide bonds. The third kappa shape index (κ3) is 4.06. The molecule has 0 aromatic carbocycles. The van der Waals surface area contributed by atoms with Crippen LogP contribution in [0.25, 0.3) is 0 Å². The zero-order chi connectivity index (χ0) is 12.2. The predicted molar refractivity (Wildman–Crippen MR) is 71.8 cm³/mol. The van der Waals surface area contributed by atoms with Crippen LogP contribution in [0.4, 0.5) is 0 Å². The highest BCUT2D eigenvalue weighted by molar-refractivity contribution is 4.91. The number of hydrogen-bond donors (Lipinski definition) is 1. The van der Waals surface area contributed by atoms with E-state index < -0.39 is 0 Å². The molecule has 0 radical (unpaired) electrons. The van der Waals surface area contributed by atoms with Crippen molar-refractivity contribution in [3.8, 4) is 0 Å². The topological polar surface area (TPSA) is 15.3 Å². The van der Waals surface area contributed by atoms with Gasteiger partial charge in [-0.2, -0.15) is 0 Å². The number of nitrogens with one attached hydrogen (secondary N) is 1. The molecule has 0 aliphatic carbocycles. The van der Waals surface area contributed by atoms with Gasteiger partial charge in [-0.25, -0.2) is 0 Å². The van der Waals surface area contributed by atoms with Gasteiger partial charge in [-0.1, -0.05) is 13.8 Å². The second kappa shape index (κ2) is 6.02. The molecule has 1 unspecified atom stereocenters. The summed E-state index contributed by atoms with van der Waals surface area (Å²) in [5.74, 6) is 0.811. The molecule has 1 aliphatic heterocycles. The highest BCUT2D eigenvalue weighted by Gasteiger charge is 2.34. The van der Waals surface area contributed by atoms with Crippen LogP contribution in [-0.4, -0.2) is 36.1 Å². The first-order chi connectivity index (χ1) is 7.43. The van der Waals surface area contributed by atoms with Crippen LogP contribution in [0.15, 0.2) is 0 Å². The maximum atomic E-state index is 3.59. The Kier molecular flexibility index (Phi) is 5.26. The molecule has 2 nitrogen and oxygen atoms in total. The van der Waals surface area contributed by atoms with Gasteiger partial charge in [0.2, 0.25) is 0 Å². The molecule has 1 fully saturated rings. The Morgan fingerprint density at radius 3 is 2.44 bits per heavy atom. The lowest BCUT2D eigenvalue weighted by Crippen LogP contribution is -2.48. The van der Waals surface area contributed by atoms with E-state index >= 15 is 0 Å². The maximum Gasteiger partial charge on any atom is 0.0197 e. The minimum atomic E-state index is 0.416. The first-order valence-electron chi connectivity index (χ1n) is 6.91. The monoisotopic (exact) mass is 226 g/mol. The summed E-state index contributed by atoms with van der Waals surface area (Å²) in [6.07, 6.45) is 4.00. The molecule has 0 saturated carbocycles. The van der Waals surface area contributed by atoms with Crippen molar-refractivity contribution in [3.63, 3.8) is 0 Å². The van der Waals surface area contributed by atoms with Crippen molar-refractivity contribution in [3.05, 3.63) is 0 Å². The lowest BCUT2D eigenvalue weighted by molar-refractivity contribution is 0.123.